The highest BCUT2D eigenvalue weighted by molar-refractivity contribution is 7.85. The lowest BCUT2D eigenvalue weighted by Gasteiger charge is -2.11. The van der Waals surface area contributed by atoms with E-state index in [-0.39, 0.29) is 22.1 Å². The van der Waals surface area contributed by atoms with Crippen molar-refractivity contribution >= 4 is 27.8 Å². The zero-order chi connectivity index (χ0) is 14.6. The average Bonchev–Trinajstić information content (AvgIpc) is 2.28. The molecule has 0 heterocycles. The van der Waals surface area contributed by atoms with Crippen LogP contribution in [-0.2, 0) is 19.6 Å². The topological polar surface area (TPSA) is 102 Å². The van der Waals surface area contributed by atoms with E-state index in [1.54, 1.807) is 6.92 Å². The Morgan fingerprint density at radius 2 is 1.79 bits per heavy atom. The lowest BCUT2D eigenvalue weighted by molar-refractivity contribution is -0.666. The van der Waals surface area contributed by atoms with Gasteiger partial charge < -0.3 is 4.74 Å². The number of hydrogen-bond acceptors (Lipinski definition) is 5. The molecule has 104 valence electrons. The van der Waals surface area contributed by atoms with E-state index in [4.69, 9.17) is 9.29 Å². The highest BCUT2D eigenvalue weighted by atomic mass is 32.2. The summed E-state index contributed by atoms with van der Waals surface area (Å²) < 4.78 is 35.3. The number of nitrogens with one attached hydrogen (secondary N) is 1. The normalized spacial score (nSPS) is 12.8. The van der Waals surface area contributed by atoms with Crippen LogP contribution in [0.15, 0.2) is 29.2 Å². The minimum absolute atomic E-state index is 0.124. The SMILES string of the molecule is CCOC(=O)[NH+](C(C)=O)c1ccc(S(=O)(=O)O)cc1. The lowest BCUT2D eigenvalue weighted by Crippen LogP contribution is -3.12. The number of ether oxygens (including phenoxy) is 1. The van der Waals surface area contributed by atoms with Crippen LogP contribution in [0.3, 0.4) is 0 Å². The van der Waals surface area contributed by atoms with Crippen molar-refractivity contribution in [3.05, 3.63) is 24.3 Å². The lowest BCUT2D eigenvalue weighted by atomic mass is 10.3. The molecule has 19 heavy (non-hydrogen) atoms. The molecule has 0 saturated carbocycles. The van der Waals surface area contributed by atoms with Gasteiger partial charge in [-0.1, -0.05) is 0 Å². The van der Waals surface area contributed by atoms with Crippen molar-refractivity contribution in [1.82, 2.24) is 0 Å². The number of alkyl carbamates (subject to hydrolysis) is 1. The van der Waals surface area contributed by atoms with Gasteiger partial charge in [-0.25, -0.2) is 4.79 Å². The Kier molecular flexibility index (Phi) is 4.76. The fraction of sp³-hybridized carbons (Fsp3) is 0.273. The molecule has 1 rings (SSSR count). The first-order valence-electron chi connectivity index (χ1n) is 5.40. The third-order valence-electron chi connectivity index (χ3n) is 2.27. The Morgan fingerprint density at radius 3 is 2.16 bits per heavy atom. The van der Waals surface area contributed by atoms with E-state index in [2.05, 4.69) is 0 Å². The van der Waals surface area contributed by atoms with Gasteiger partial charge in [0.15, 0.2) is 0 Å². The summed E-state index contributed by atoms with van der Waals surface area (Å²) >= 11 is 0. The van der Waals surface area contributed by atoms with Crippen LogP contribution < -0.4 is 4.90 Å². The first kappa shape index (κ1) is 15.3. The first-order valence-corrected chi connectivity index (χ1v) is 6.84. The molecule has 1 aromatic rings. The summed E-state index contributed by atoms with van der Waals surface area (Å²) in [6.45, 7) is 2.94. The molecule has 0 aliphatic rings. The number of amides is 2. The molecule has 0 spiro atoms. The van der Waals surface area contributed by atoms with Crippen molar-refractivity contribution in [1.29, 1.82) is 0 Å². The minimum atomic E-state index is -4.31. The highest BCUT2D eigenvalue weighted by Gasteiger charge is 2.29. The van der Waals surface area contributed by atoms with Gasteiger partial charge in [-0.3, -0.25) is 4.55 Å². The van der Waals surface area contributed by atoms with Crippen LogP contribution in [0.2, 0.25) is 0 Å². The molecule has 0 aliphatic heterocycles. The van der Waals surface area contributed by atoms with Crippen LogP contribution in [0.4, 0.5) is 10.5 Å². The molecule has 0 bridgehead atoms. The third kappa shape index (κ3) is 3.85. The number of hydrogen-bond donors (Lipinski definition) is 2. The first-order chi connectivity index (χ1) is 8.77. The average molecular weight is 288 g/mol. The summed E-state index contributed by atoms with van der Waals surface area (Å²) in [5, 5.41) is 0. The summed E-state index contributed by atoms with van der Waals surface area (Å²) in [5.41, 5.74) is 0.235. The van der Waals surface area contributed by atoms with Crippen molar-refractivity contribution in [2.24, 2.45) is 0 Å². The van der Waals surface area contributed by atoms with Crippen LogP contribution >= 0.6 is 0 Å². The van der Waals surface area contributed by atoms with E-state index in [1.807, 2.05) is 0 Å². The second-order valence-corrected chi connectivity index (χ2v) is 5.07. The maximum Gasteiger partial charge on any atom is 0.527 e. The molecule has 2 amide bonds. The summed E-state index contributed by atoms with van der Waals surface area (Å²) in [7, 11) is -4.31. The van der Waals surface area contributed by atoms with Gasteiger partial charge in [-0.2, -0.15) is 13.2 Å². The van der Waals surface area contributed by atoms with E-state index in [9.17, 15) is 18.0 Å². The molecule has 0 aliphatic carbocycles. The van der Waals surface area contributed by atoms with E-state index < -0.39 is 22.1 Å². The number of benzene rings is 1. The summed E-state index contributed by atoms with van der Waals surface area (Å²) in [5.74, 6) is -0.488. The van der Waals surface area contributed by atoms with Crippen molar-refractivity contribution < 1.29 is 32.2 Å². The van der Waals surface area contributed by atoms with Crippen LogP contribution in [0.5, 0.6) is 0 Å². The van der Waals surface area contributed by atoms with Gasteiger partial charge >= 0.3 is 12.0 Å². The van der Waals surface area contributed by atoms with Gasteiger partial charge in [-0.15, -0.1) is 4.90 Å². The van der Waals surface area contributed by atoms with Crippen molar-refractivity contribution in [3.63, 3.8) is 0 Å². The van der Waals surface area contributed by atoms with Gasteiger partial charge in [0.2, 0.25) is 0 Å². The molecule has 0 fully saturated rings. The molecule has 7 nitrogen and oxygen atoms in total. The highest BCUT2D eigenvalue weighted by Crippen LogP contribution is 2.11. The van der Waals surface area contributed by atoms with Crippen molar-refractivity contribution in [3.8, 4) is 0 Å². The number of carbonyl (C=O) groups excluding carboxylic acids is 2. The number of carbonyl (C=O) groups is 2. The van der Waals surface area contributed by atoms with Gasteiger partial charge in [0.05, 0.1) is 18.4 Å². The number of imide groups is 1. The zero-order valence-corrected chi connectivity index (χ0v) is 11.2. The molecule has 1 unspecified atom stereocenters. The Balaban J connectivity index is 3.12. The number of quaternary nitrogens is 1. The quantitative estimate of drug-likeness (QED) is 0.768. The monoisotopic (exact) mass is 288 g/mol. The molecule has 1 atom stereocenters. The van der Waals surface area contributed by atoms with E-state index in [0.29, 0.717) is 0 Å². The predicted octanol–water partition coefficient (Wildman–Crippen LogP) is 0.153. The largest absolute Gasteiger partial charge is 0.527 e. The maximum absolute atomic E-state index is 11.6. The number of rotatable bonds is 3. The molecule has 0 aromatic heterocycles. The van der Waals surface area contributed by atoms with Crippen LogP contribution in [0.25, 0.3) is 0 Å². The van der Waals surface area contributed by atoms with Crippen molar-refractivity contribution in [2.75, 3.05) is 6.61 Å². The van der Waals surface area contributed by atoms with Crippen LogP contribution in [-0.4, -0.2) is 31.6 Å². The smallest absolute Gasteiger partial charge is 0.420 e. The van der Waals surface area contributed by atoms with E-state index in [1.165, 1.54) is 19.1 Å². The standard InChI is InChI=1S/C11H13NO6S/c1-3-18-11(14)12(8(2)13)9-4-6-10(7-5-9)19(15,16)17/h4-7H,3H2,1-2H3,(H,15,16,17)/p+1. The van der Waals surface area contributed by atoms with Gasteiger partial charge in [0, 0.05) is 12.1 Å². The molecular formula is C11H14NO6S+. The van der Waals surface area contributed by atoms with Gasteiger partial charge in [0.1, 0.15) is 5.69 Å². The Hall–Kier alpha value is -1.77. The van der Waals surface area contributed by atoms with Crippen molar-refractivity contribution in [2.45, 2.75) is 18.7 Å². The zero-order valence-electron chi connectivity index (χ0n) is 10.4. The molecule has 2 N–H and O–H groups in total. The molecule has 1 aromatic carbocycles. The fourth-order valence-corrected chi connectivity index (χ4v) is 1.94. The molecule has 8 heteroatoms. The van der Waals surface area contributed by atoms with E-state index >= 15 is 0 Å². The van der Waals surface area contributed by atoms with Crippen LogP contribution in [0, 0.1) is 0 Å². The Labute approximate surface area is 110 Å². The maximum atomic E-state index is 11.6. The Bertz CT molecular complexity index is 578. The van der Waals surface area contributed by atoms with E-state index in [0.717, 1.165) is 12.1 Å². The van der Waals surface area contributed by atoms with Gasteiger partial charge in [-0.05, 0) is 19.1 Å². The summed E-state index contributed by atoms with van der Waals surface area (Å²) in [4.78, 5) is 22.6. The van der Waals surface area contributed by atoms with Crippen LogP contribution in [0.1, 0.15) is 13.8 Å². The second kappa shape index (κ2) is 5.91. The molecule has 0 radical (unpaired) electrons. The molecular weight excluding hydrogens is 274 g/mol. The predicted molar refractivity (Wildman–Crippen MR) is 64.6 cm³/mol. The summed E-state index contributed by atoms with van der Waals surface area (Å²) in [6, 6.07) is 4.73. The Morgan fingerprint density at radius 1 is 1.26 bits per heavy atom. The third-order valence-corrected chi connectivity index (χ3v) is 3.14. The second-order valence-electron chi connectivity index (χ2n) is 3.65. The minimum Gasteiger partial charge on any atom is -0.420 e. The van der Waals surface area contributed by atoms with Gasteiger partial charge in [0.25, 0.3) is 10.1 Å². The summed E-state index contributed by atoms with van der Waals surface area (Å²) in [6.07, 6.45) is -0.769. The molecule has 0 saturated heterocycles. The fourth-order valence-electron chi connectivity index (χ4n) is 1.46.